The molecular formula is C16H23NO3. The molecule has 1 aliphatic carbocycles. The molecule has 1 unspecified atom stereocenters. The molecule has 0 heterocycles. The number of aliphatic hydroxyl groups is 1. The third-order valence-corrected chi connectivity index (χ3v) is 4.51. The molecule has 110 valence electrons. The smallest absolute Gasteiger partial charge is 0.225 e. The average Bonchev–Trinajstić information content (AvgIpc) is 2.48. The van der Waals surface area contributed by atoms with Gasteiger partial charge in [-0.2, -0.15) is 0 Å². The number of primary amides is 1. The molecule has 0 radical (unpaired) electrons. The minimum Gasteiger partial charge on any atom is -0.497 e. The first-order chi connectivity index (χ1) is 9.63. The van der Waals surface area contributed by atoms with Gasteiger partial charge in [0.2, 0.25) is 5.91 Å². The van der Waals surface area contributed by atoms with E-state index in [2.05, 4.69) is 0 Å². The van der Waals surface area contributed by atoms with Crippen molar-refractivity contribution in [2.24, 2.45) is 11.1 Å². The van der Waals surface area contributed by atoms with Crippen LogP contribution in [0.15, 0.2) is 24.3 Å². The minimum absolute atomic E-state index is 0.00658. The van der Waals surface area contributed by atoms with Crippen LogP contribution in [0.5, 0.6) is 5.75 Å². The molecule has 1 fully saturated rings. The molecule has 4 heteroatoms. The monoisotopic (exact) mass is 277 g/mol. The third-order valence-electron chi connectivity index (χ3n) is 4.51. The maximum absolute atomic E-state index is 12.0. The molecule has 1 atom stereocenters. The van der Waals surface area contributed by atoms with E-state index in [1.807, 2.05) is 24.3 Å². The van der Waals surface area contributed by atoms with Crippen LogP contribution in [0.25, 0.3) is 0 Å². The fraction of sp³-hybridized carbons (Fsp3) is 0.562. The van der Waals surface area contributed by atoms with Crippen molar-refractivity contribution in [2.75, 3.05) is 13.7 Å². The minimum atomic E-state index is -0.432. The van der Waals surface area contributed by atoms with Gasteiger partial charge in [-0.3, -0.25) is 4.79 Å². The van der Waals surface area contributed by atoms with Crippen LogP contribution >= 0.6 is 0 Å². The molecule has 20 heavy (non-hydrogen) atoms. The lowest BCUT2D eigenvalue weighted by molar-refractivity contribution is -0.124. The molecule has 0 spiro atoms. The maximum Gasteiger partial charge on any atom is 0.225 e. The summed E-state index contributed by atoms with van der Waals surface area (Å²) in [7, 11) is 1.61. The number of aliphatic hydroxyl groups excluding tert-OH is 1. The zero-order chi connectivity index (χ0) is 14.6. The number of methoxy groups -OCH3 is 1. The second-order valence-electron chi connectivity index (χ2n) is 5.69. The van der Waals surface area contributed by atoms with Gasteiger partial charge in [0.25, 0.3) is 0 Å². The van der Waals surface area contributed by atoms with E-state index in [9.17, 15) is 9.90 Å². The Morgan fingerprint density at radius 2 is 1.90 bits per heavy atom. The van der Waals surface area contributed by atoms with Gasteiger partial charge < -0.3 is 15.6 Å². The molecule has 0 saturated heterocycles. The highest BCUT2D eigenvalue weighted by atomic mass is 16.5. The molecule has 3 N–H and O–H groups in total. The van der Waals surface area contributed by atoms with Gasteiger partial charge in [0.05, 0.1) is 13.0 Å². The number of nitrogens with two attached hydrogens (primary N) is 1. The molecule has 1 aromatic carbocycles. The molecular weight excluding hydrogens is 254 g/mol. The van der Waals surface area contributed by atoms with Crippen LogP contribution in [0.4, 0.5) is 0 Å². The van der Waals surface area contributed by atoms with Crippen molar-refractivity contribution in [1.82, 2.24) is 0 Å². The zero-order valence-corrected chi connectivity index (χ0v) is 12.0. The Kier molecular flexibility index (Phi) is 4.65. The van der Waals surface area contributed by atoms with Gasteiger partial charge in [0, 0.05) is 12.0 Å². The van der Waals surface area contributed by atoms with Gasteiger partial charge in [-0.25, -0.2) is 0 Å². The molecule has 0 aromatic heterocycles. The summed E-state index contributed by atoms with van der Waals surface area (Å²) >= 11 is 0. The Hall–Kier alpha value is -1.55. The van der Waals surface area contributed by atoms with Crippen LogP contribution in [-0.2, 0) is 4.79 Å². The number of amides is 1. The Balaban J connectivity index is 2.35. The van der Waals surface area contributed by atoms with E-state index >= 15 is 0 Å². The van der Waals surface area contributed by atoms with Gasteiger partial charge in [0.15, 0.2) is 0 Å². The number of carbonyl (C=O) groups excluding carboxylic acids is 1. The van der Waals surface area contributed by atoms with Crippen LogP contribution in [0.2, 0.25) is 0 Å². The second kappa shape index (κ2) is 6.27. The first-order valence-corrected chi connectivity index (χ1v) is 7.17. The highest BCUT2D eigenvalue weighted by Gasteiger charge is 2.43. The highest BCUT2D eigenvalue weighted by Crippen LogP contribution is 2.47. The van der Waals surface area contributed by atoms with Gasteiger partial charge in [-0.1, -0.05) is 31.4 Å². The molecule has 2 rings (SSSR count). The van der Waals surface area contributed by atoms with Gasteiger partial charge in [-0.05, 0) is 30.5 Å². The molecule has 1 saturated carbocycles. The van der Waals surface area contributed by atoms with Crippen molar-refractivity contribution in [3.63, 3.8) is 0 Å². The van der Waals surface area contributed by atoms with Gasteiger partial charge in [-0.15, -0.1) is 0 Å². The average molecular weight is 277 g/mol. The molecule has 0 aliphatic heterocycles. The summed E-state index contributed by atoms with van der Waals surface area (Å²) in [6.07, 6.45) is 4.95. The van der Waals surface area contributed by atoms with Crippen LogP contribution in [0, 0.1) is 5.41 Å². The third kappa shape index (κ3) is 2.80. The summed E-state index contributed by atoms with van der Waals surface area (Å²) in [4.78, 5) is 12.0. The van der Waals surface area contributed by atoms with E-state index in [0.29, 0.717) is 0 Å². The van der Waals surface area contributed by atoms with E-state index in [1.165, 1.54) is 0 Å². The van der Waals surface area contributed by atoms with Crippen molar-refractivity contribution in [3.8, 4) is 5.75 Å². The number of ether oxygens (including phenoxy) is 1. The molecule has 4 nitrogen and oxygen atoms in total. The van der Waals surface area contributed by atoms with Gasteiger partial charge >= 0.3 is 0 Å². The SMILES string of the molecule is COc1ccc(C(C(N)=O)C2(CO)CCCCC2)cc1. The van der Waals surface area contributed by atoms with Crippen LogP contribution in [-0.4, -0.2) is 24.7 Å². The van der Waals surface area contributed by atoms with Crippen molar-refractivity contribution >= 4 is 5.91 Å². The predicted octanol–water partition coefficient (Wildman–Crippen LogP) is 2.21. The van der Waals surface area contributed by atoms with Crippen molar-refractivity contribution in [3.05, 3.63) is 29.8 Å². The number of rotatable bonds is 5. The molecule has 1 aromatic rings. The normalized spacial score (nSPS) is 19.3. The lowest BCUT2D eigenvalue weighted by Gasteiger charge is -2.41. The van der Waals surface area contributed by atoms with Crippen molar-refractivity contribution < 1.29 is 14.6 Å². The number of hydrogen-bond acceptors (Lipinski definition) is 3. The second-order valence-corrected chi connectivity index (χ2v) is 5.69. The quantitative estimate of drug-likeness (QED) is 0.866. The molecule has 0 bridgehead atoms. The fourth-order valence-electron chi connectivity index (χ4n) is 3.41. The standard InChI is InChI=1S/C16H23NO3/c1-20-13-7-5-12(6-8-13)14(15(17)19)16(11-18)9-3-2-4-10-16/h5-8,14,18H,2-4,9-11H2,1H3,(H2,17,19). The molecule has 1 aliphatic rings. The molecule has 1 amide bonds. The summed E-state index contributed by atoms with van der Waals surface area (Å²) in [5, 5.41) is 9.89. The summed E-state index contributed by atoms with van der Waals surface area (Å²) in [5.41, 5.74) is 6.12. The van der Waals surface area contributed by atoms with E-state index in [0.717, 1.165) is 43.4 Å². The largest absolute Gasteiger partial charge is 0.497 e. The first kappa shape index (κ1) is 14.9. The predicted molar refractivity (Wildman–Crippen MR) is 77.5 cm³/mol. The van der Waals surface area contributed by atoms with Crippen LogP contribution < -0.4 is 10.5 Å². The number of hydrogen-bond donors (Lipinski definition) is 2. The highest BCUT2D eigenvalue weighted by molar-refractivity contribution is 5.83. The number of carbonyl (C=O) groups is 1. The zero-order valence-electron chi connectivity index (χ0n) is 12.0. The summed E-state index contributed by atoms with van der Waals surface area (Å²) < 4.78 is 5.14. The van der Waals surface area contributed by atoms with Gasteiger partial charge in [0.1, 0.15) is 5.75 Å². The fourth-order valence-corrected chi connectivity index (χ4v) is 3.41. The summed E-state index contributed by atoms with van der Waals surface area (Å²) in [5.74, 6) is -0.0384. The van der Waals surface area contributed by atoms with E-state index in [4.69, 9.17) is 10.5 Å². The summed E-state index contributed by atoms with van der Waals surface area (Å²) in [6.45, 7) is 0.00658. The summed E-state index contributed by atoms with van der Waals surface area (Å²) in [6, 6.07) is 7.42. The Morgan fingerprint density at radius 3 is 2.35 bits per heavy atom. The van der Waals surface area contributed by atoms with E-state index in [1.54, 1.807) is 7.11 Å². The van der Waals surface area contributed by atoms with Crippen molar-refractivity contribution in [2.45, 2.75) is 38.0 Å². The Bertz CT molecular complexity index is 449. The first-order valence-electron chi connectivity index (χ1n) is 7.17. The lowest BCUT2D eigenvalue weighted by Crippen LogP contribution is -2.41. The topological polar surface area (TPSA) is 72.5 Å². The van der Waals surface area contributed by atoms with Crippen molar-refractivity contribution in [1.29, 1.82) is 0 Å². The number of benzene rings is 1. The van der Waals surface area contributed by atoms with Crippen LogP contribution in [0.1, 0.15) is 43.6 Å². The van der Waals surface area contributed by atoms with E-state index in [-0.39, 0.29) is 12.5 Å². The van der Waals surface area contributed by atoms with E-state index < -0.39 is 11.3 Å². The lowest BCUT2D eigenvalue weighted by atomic mass is 9.64. The maximum atomic E-state index is 12.0. The Morgan fingerprint density at radius 1 is 1.30 bits per heavy atom. The van der Waals surface area contributed by atoms with Crippen LogP contribution in [0.3, 0.4) is 0 Å². The Labute approximate surface area is 119 Å².